The summed E-state index contributed by atoms with van der Waals surface area (Å²) in [4.78, 5) is 19.7. The molecular weight excluding hydrogens is 340 g/mol. The standard InChI is InChI=1S/C22H26N2O3/c25-22(18-9-10-20-21(14-18)27-13-5-12-26-20)24(19-7-2-1-3-8-19)16-17-6-4-11-23-15-17/h4,6,9-11,14-15,19H,1-3,5,7-8,12-13,16H2. The Bertz CT molecular complexity index is 772. The van der Waals surface area contributed by atoms with E-state index in [4.69, 9.17) is 9.47 Å². The van der Waals surface area contributed by atoms with Gasteiger partial charge in [-0.05, 0) is 42.7 Å². The number of aromatic nitrogens is 1. The number of amides is 1. The van der Waals surface area contributed by atoms with Gasteiger partial charge >= 0.3 is 0 Å². The Balaban J connectivity index is 1.60. The molecule has 0 atom stereocenters. The maximum Gasteiger partial charge on any atom is 0.254 e. The van der Waals surface area contributed by atoms with Gasteiger partial charge in [-0.2, -0.15) is 0 Å². The number of hydrogen-bond acceptors (Lipinski definition) is 4. The van der Waals surface area contributed by atoms with E-state index in [0.717, 1.165) is 30.6 Å². The van der Waals surface area contributed by atoms with Gasteiger partial charge in [0.15, 0.2) is 11.5 Å². The van der Waals surface area contributed by atoms with E-state index in [-0.39, 0.29) is 11.9 Å². The molecule has 1 saturated carbocycles. The van der Waals surface area contributed by atoms with Crippen molar-refractivity contribution < 1.29 is 14.3 Å². The number of hydrogen-bond donors (Lipinski definition) is 0. The Kier molecular flexibility index (Phi) is 5.56. The third kappa shape index (κ3) is 4.24. The highest BCUT2D eigenvalue weighted by atomic mass is 16.5. The molecule has 2 aromatic rings. The molecule has 0 unspecified atom stereocenters. The number of benzene rings is 1. The van der Waals surface area contributed by atoms with Crippen molar-refractivity contribution in [3.8, 4) is 11.5 Å². The minimum Gasteiger partial charge on any atom is -0.490 e. The molecule has 0 saturated heterocycles. The molecule has 2 heterocycles. The molecule has 5 nitrogen and oxygen atoms in total. The molecule has 1 aromatic carbocycles. The van der Waals surface area contributed by atoms with Crippen molar-refractivity contribution in [3.63, 3.8) is 0 Å². The van der Waals surface area contributed by atoms with E-state index in [0.29, 0.717) is 31.1 Å². The molecule has 4 rings (SSSR count). The van der Waals surface area contributed by atoms with Gasteiger partial charge < -0.3 is 14.4 Å². The number of carbonyl (C=O) groups excluding carboxylic acids is 1. The molecule has 0 radical (unpaired) electrons. The van der Waals surface area contributed by atoms with Crippen molar-refractivity contribution in [1.82, 2.24) is 9.88 Å². The fraction of sp³-hybridized carbons (Fsp3) is 0.455. The van der Waals surface area contributed by atoms with Crippen LogP contribution in [0.4, 0.5) is 0 Å². The molecule has 142 valence electrons. The Morgan fingerprint density at radius 1 is 1.04 bits per heavy atom. The molecule has 1 fully saturated rings. The average molecular weight is 366 g/mol. The third-order valence-corrected chi connectivity index (χ3v) is 5.35. The maximum atomic E-state index is 13.4. The SMILES string of the molecule is O=C(c1ccc2c(c1)OCCCO2)N(Cc1cccnc1)C1CCCCC1. The molecule has 5 heteroatoms. The summed E-state index contributed by atoms with van der Waals surface area (Å²) in [5.41, 5.74) is 1.72. The molecular formula is C22H26N2O3. The highest BCUT2D eigenvalue weighted by Gasteiger charge is 2.27. The highest BCUT2D eigenvalue weighted by Crippen LogP contribution is 2.32. The first-order chi connectivity index (χ1) is 13.3. The van der Waals surface area contributed by atoms with Crippen LogP contribution in [0, 0.1) is 0 Å². The van der Waals surface area contributed by atoms with Crippen molar-refractivity contribution in [2.45, 2.75) is 51.1 Å². The van der Waals surface area contributed by atoms with Crippen LogP contribution in [0.2, 0.25) is 0 Å². The van der Waals surface area contributed by atoms with Crippen LogP contribution in [0.1, 0.15) is 54.4 Å². The normalized spacial score (nSPS) is 17.2. The van der Waals surface area contributed by atoms with Crippen LogP contribution in [-0.2, 0) is 6.54 Å². The maximum absolute atomic E-state index is 13.4. The molecule has 1 aromatic heterocycles. The second kappa shape index (κ2) is 8.42. The fourth-order valence-corrected chi connectivity index (χ4v) is 3.91. The van der Waals surface area contributed by atoms with Crippen LogP contribution in [0.3, 0.4) is 0 Å². The van der Waals surface area contributed by atoms with Crippen LogP contribution in [0.25, 0.3) is 0 Å². The van der Waals surface area contributed by atoms with Gasteiger partial charge in [0.05, 0.1) is 13.2 Å². The zero-order valence-electron chi connectivity index (χ0n) is 15.6. The number of rotatable bonds is 4. The zero-order chi connectivity index (χ0) is 18.5. The number of nitrogens with zero attached hydrogens (tertiary/aromatic N) is 2. The average Bonchev–Trinajstić information content (AvgIpc) is 2.98. The summed E-state index contributed by atoms with van der Waals surface area (Å²) in [6.07, 6.45) is 10.2. The van der Waals surface area contributed by atoms with Gasteiger partial charge in [0.2, 0.25) is 0 Å². The van der Waals surface area contributed by atoms with Crippen LogP contribution >= 0.6 is 0 Å². The van der Waals surface area contributed by atoms with Gasteiger partial charge in [0, 0.05) is 37.0 Å². The van der Waals surface area contributed by atoms with Crippen molar-refractivity contribution in [3.05, 3.63) is 53.9 Å². The molecule has 27 heavy (non-hydrogen) atoms. The first-order valence-corrected chi connectivity index (χ1v) is 9.91. The van der Waals surface area contributed by atoms with Gasteiger partial charge in [-0.1, -0.05) is 25.3 Å². The summed E-state index contributed by atoms with van der Waals surface area (Å²) in [7, 11) is 0. The quantitative estimate of drug-likeness (QED) is 0.813. The Hall–Kier alpha value is -2.56. The predicted octanol–water partition coefficient (Wildman–Crippen LogP) is 4.22. The molecule has 1 aliphatic carbocycles. The summed E-state index contributed by atoms with van der Waals surface area (Å²) in [6.45, 7) is 1.86. The van der Waals surface area contributed by atoms with Gasteiger partial charge in [-0.3, -0.25) is 9.78 Å². The molecule has 1 aliphatic heterocycles. The minimum atomic E-state index is 0.0569. The fourth-order valence-electron chi connectivity index (χ4n) is 3.91. The minimum absolute atomic E-state index is 0.0569. The molecule has 0 N–H and O–H groups in total. The molecule has 0 spiro atoms. The summed E-state index contributed by atoms with van der Waals surface area (Å²) in [5.74, 6) is 1.45. The van der Waals surface area contributed by atoms with Crippen LogP contribution in [0.5, 0.6) is 11.5 Å². The third-order valence-electron chi connectivity index (χ3n) is 5.35. The summed E-state index contributed by atoms with van der Waals surface area (Å²) >= 11 is 0. The van der Waals surface area contributed by atoms with Gasteiger partial charge in [-0.15, -0.1) is 0 Å². The monoisotopic (exact) mass is 366 g/mol. The van der Waals surface area contributed by atoms with Gasteiger partial charge in [0.25, 0.3) is 5.91 Å². The number of pyridine rings is 1. The first kappa shape index (κ1) is 17.8. The highest BCUT2D eigenvalue weighted by molar-refractivity contribution is 5.95. The lowest BCUT2D eigenvalue weighted by Gasteiger charge is -2.34. The van der Waals surface area contributed by atoms with Crippen molar-refractivity contribution >= 4 is 5.91 Å². The second-order valence-electron chi connectivity index (χ2n) is 7.30. The predicted molar refractivity (Wildman–Crippen MR) is 103 cm³/mol. The van der Waals surface area contributed by atoms with E-state index in [9.17, 15) is 4.79 Å². The summed E-state index contributed by atoms with van der Waals surface area (Å²) < 4.78 is 11.5. The number of carbonyl (C=O) groups is 1. The largest absolute Gasteiger partial charge is 0.490 e. The molecule has 1 amide bonds. The Labute approximate surface area is 160 Å². The van der Waals surface area contributed by atoms with Crippen molar-refractivity contribution in [2.24, 2.45) is 0 Å². The smallest absolute Gasteiger partial charge is 0.254 e. The lowest BCUT2D eigenvalue weighted by atomic mass is 9.93. The number of fused-ring (bicyclic) bond motifs is 1. The van der Waals surface area contributed by atoms with Crippen LogP contribution < -0.4 is 9.47 Å². The lowest BCUT2D eigenvalue weighted by Crippen LogP contribution is -2.41. The van der Waals surface area contributed by atoms with Gasteiger partial charge in [0.1, 0.15) is 0 Å². The van der Waals surface area contributed by atoms with E-state index in [1.807, 2.05) is 41.4 Å². The lowest BCUT2D eigenvalue weighted by molar-refractivity contribution is 0.0613. The van der Waals surface area contributed by atoms with Crippen LogP contribution in [0.15, 0.2) is 42.7 Å². The zero-order valence-corrected chi connectivity index (χ0v) is 15.6. The van der Waals surface area contributed by atoms with E-state index in [2.05, 4.69) is 4.98 Å². The van der Waals surface area contributed by atoms with E-state index in [1.54, 1.807) is 6.20 Å². The van der Waals surface area contributed by atoms with Crippen molar-refractivity contribution in [2.75, 3.05) is 13.2 Å². The first-order valence-electron chi connectivity index (χ1n) is 9.91. The Morgan fingerprint density at radius 3 is 2.63 bits per heavy atom. The topological polar surface area (TPSA) is 51.7 Å². The van der Waals surface area contributed by atoms with E-state index < -0.39 is 0 Å². The van der Waals surface area contributed by atoms with Gasteiger partial charge in [-0.25, -0.2) is 0 Å². The van der Waals surface area contributed by atoms with E-state index in [1.165, 1.54) is 19.3 Å². The summed E-state index contributed by atoms with van der Waals surface area (Å²) in [5, 5.41) is 0. The molecule has 0 bridgehead atoms. The molecule has 2 aliphatic rings. The Morgan fingerprint density at radius 2 is 1.85 bits per heavy atom. The van der Waals surface area contributed by atoms with Crippen LogP contribution in [-0.4, -0.2) is 35.0 Å². The second-order valence-corrected chi connectivity index (χ2v) is 7.30. The summed E-state index contributed by atoms with van der Waals surface area (Å²) in [6, 6.07) is 9.78. The van der Waals surface area contributed by atoms with Crippen molar-refractivity contribution in [1.29, 1.82) is 0 Å². The van der Waals surface area contributed by atoms with E-state index >= 15 is 0 Å². The number of ether oxygens (including phenoxy) is 2.